The number of hydrogen-bond donors (Lipinski definition) is 1. The van der Waals surface area contributed by atoms with Crippen LogP contribution in [-0.2, 0) is 24.0 Å². The molecule has 0 saturated carbocycles. The molecule has 0 heterocycles. The van der Waals surface area contributed by atoms with Crippen LogP contribution in [0.15, 0.2) is 0 Å². The minimum absolute atomic E-state index is 0.0286. The molecule has 1 amide bonds. The van der Waals surface area contributed by atoms with Gasteiger partial charge in [0.2, 0.25) is 5.91 Å². The second-order valence-corrected chi connectivity index (χ2v) is 6.21. The van der Waals surface area contributed by atoms with Crippen LogP contribution in [0.2, 0.25) is 0 Å². The van der Waals surface area contributed by atoms with Crippen molar-refractivity contribution in [3.8, 4) is 0 Å². The summed E-state index contributed by atoms with van der Waals surface area (Å²) in [6.07, 6.45) is 0. The molecule has 0 fully saturated rings. The molecule has 0 aliphatic carbocycles. The Labute approximate surface area is 132 Å². The Morgan fingerprint density at radius 1 is 1.32 bits per heavy atom. The molecule has 0 bridgehead atoms. The maximum Gasteiger partial charge on any atom is 0.329 e. The van der Waals surface area contributed by atoms with Crippen molar-refractivity contribution in [1.82, 2.24) is 5.32 Å². The number of hydrogen-bond acceptors (Lipinski definition) is 8. The van der Waals surface area contributed by atoms with Crippen LogP contribution in [0.4, 0.5) is 0 Å². The summed E-state index contributed by atoms with van der Waals surface area (Å²) in [5.41, 5.74) is -0.595. The Bertz CT molecular complexity index is 434. The van der Waals surface area contributed by atoms with Gasteiger partial charge in [-0.3, -0.25) is 9.59 Å². The fourth-order valence-electron chi connectivity index (χ4n) is 1.13. The van der Waals surface area contributed by atoms with E-state index >= 15 is 0 Å². The number of carbonyl (C=O) groups is 3. The van der Waals surface area contributed by atoms with Gasteiger partial charge in [0, 0.05) is 11.2 Å². The highest BCUT2D eigenvalue weighted by molar-refractivity contribution is 8.13. The molecule has 10 heteroatoms. The molecule has 1 atom stereocenters. The molecule has 9 nitrogen and oxygen atoms in total. The van der Waals surface area contributed by atoms with Crippen molar-refractivity contribution in [1.29, 1.82) is 0 Å². The van der Waals surface area contributed by atoms with Gasteiger partial charge in [0.15, 0.2) is 11.7 Å². The lowest BCUT2D eigenvalue weighted by Crippen LogP contribution is -2.45. The van der Waals surface area contributed by atoms with Crippen molar-refractivity contribution >= 4 is 28.8 Å². The smallest absolute Gasteiger partial charge is 0.329 e. The third kappa shape index (κ3) is 8.45. The number of ether oxygens (including phenoxy) is 1. The summed E-state index contributed by atoms with van der Waals surface area (Å²) >= 11 is 0.883. The average Bonchev–Trinajstić information content (AvgIpc) is 2.39. The van der Waals surface area contributed by atoms with Crippen molar-refractivity contribution in [3.63, 3.8) is 0 Å². The van der Waals surface area contributed by atoms with Crippen molar-refractivity contribution in [2.45, 2.75) is 33.7 Å². The summed E-state index contributed by atoms with van der Waals surface area (Å²) in [6.45, 7) is 6.05. The van der Waals surface area contributed by atoms with Crippen LogP contribution in [0.3, 0.4) is 0 Å². The molecule has 0 aromatic heterocycles. The molecule has 0 aromatic carbocycles. The van der Waals surface area contributed by atoms with Gasteiger partial charge < -0.3 is 14.9 Å². The van der Waals surface area contributed by atoms with Gasteiger partial charge in [-0.15, -0.1) is 10.1 Å². The first-order valence-corrected chi connectivity index (χ1v) is 7.47. The third-order valence-corrected chi connectivity index (χ3v) is 3.58. The van der Waals surface area contributed by atoms with Gasteiger partial charge in [0.05, 0.1) is 6.61 Å². The molecule has 0 aliphatic rings. The molecule has 1 N–H and O–H groups in total. The zero-order valence-electron chi connectivity index (χ0n) is 12.9. The summed E-state index contributed by atoms with van der Waals surface area (Å²) in [5, 5.41) is 11.0. The number of nitrogens with zero attached hydrogens (tertiary/aromatic N) is 1. The number of nitrogens with one attached hydrogen (secondary N) is 1. The van der Waals surface area contributed by atoms with E-state index in [-0.39, 0.29) is 17.5 Å². The average molecular weight is 336 g/mol. The van der Waals surface area contributed by atoms with Crippen LogP contribution >= 0.6 is 11.8 Å². The fourth-order valence-corrected chi connectivity index (χ4v) is 2.10. The minimum atomic E-state index is -1.11. The quantitative estimate of drug-likeness (QED) is 0.387. The number of thioether (sulfide) groups is 1. The first-order chi connectivity index (χ1) is 10.1. The van der Waals surface area contributed by atoms with E-state index in [9.17, 15) is 24.5 Å². The number of amides is 1. The second kappa shape index (κ2) is 9.23. The largest absolute Gasteiger partial charge is 0.464 e. The van der Waals surface area contributed by atoms with Crippen LogP contribution in [0.5, 0.6) is 0 Å². The molecular formula is C12H20N2O7S. The Hall–Kier alpha value is -1.84. The lowest BCUT2D eigenvalue weighted by molar-refractivity contribution is -0.754. The fraction of sp³-hybridized carbons (Fsp3) is 0.750. The summed E-state index contributed by atoms with van der Waals surface area (Å²) < 4.78 is 4.80. The Morgan fingerprint density at radius 2 is 1.91 bits per heavy atom. The van der Waals surface area contributed by atoms with E-state index in [1.165, 1.54) is 0 Å². The van der Waals surface area contributed by atoms with E-state index in [4.69, 9.17) is 4.74 Å². The van der Waals surface area contributed by atoms with Gasteiger partial charge in [0.1, 0.15) is 6.04 Å². The summed E-state index contributed by atoms with van der Waals surface area (Å²) in [6, 6.07) is -1.08. The predicted octanol–water partition coefficient (Wildman–Crippen LogP) is 0.548. The van der Waals surface area contributed by atoms with Gasteiger partial charge in [-0.1, -0.05) is 32.5 Å². The Balaban J connectivity index is 4.63. The molecule has 0 spiro atoms. The van der Waals surface area contributed by atoms with Gasteiger partial charge in [0.25, 0.3) is 5.09 Å². The maximum absolute atomic E-state index is 11.8. The summed E-state index contributed by atoms with van der Waals surface area (Å²) in [7, 11) is 0. The van der Waals surface area contributed by atoms with Gasteiger partial charge in [-0.2, -0.15) is 0 Å². The first-order valence-electron chi connectivity index (χ1n) is 6.48. The van der Waals surface area contributed by atoms with Crippen molar-refractivity contribution in [3.05, 3.63) is 10.1 Å². The molecule has 22 heavy (non-hydrogen) atoms. The summed E-state index contributed by atoms with van der Waals surface area (Å²) in [5.74, 6) is -1.59. The van der Waals surface area contributed by atoms with E-state index in [1.54, 1.807) is 27.7 Å². The van der Waals surface area contributed by atoms with Crippen LogP contribution < -0.4 is 5.32 Å². The van der Waals surface area contributed by atoms with E-state index in [1.807, 2.05) is 0 Å². The first kappa shape index (κ1) is 20.2. The third-order valence-electron chi connectivity index (χ3n) is 2.20. The number of esters is 1. The Morgan fingerprint density at radius 3 is 2.36 bits per heavy atom. The standard InChI is InChI=1S/C12H20N2O7S/c1-5-20-10(16)8(7-22-11(17)12(2,3)4)13-9(15)6-21-14(18)19/h8H,5-7H2,1-4H3,(H,13,15). The highest BCUT2D eigenvalue weighted by atomic mass is 32.2. The lowest BCUT2D eigenvalue weighted by atomic mass is 10.00. The number of rotatable bonds is 8. The highest BCUT2D eigenvalue weighted by Gasteiger charge is 2.27. The van der Waals surface area contributed by atoms with Crippen molar-refractivity contribution in [2.24, 2.45) is 5.41 Å². The molecule has 0 radical (unpaired) electrons. The predicted molar refractivity (Wildman–Crippen MR) is 78.4 cm³/mol. The molecule has 0 saturated heterocycles. The van der Waals surface area contributed by atoms with E-state index in [2.05, 4.69) is 10.2 Å². The van der Waals surface area contributed by atoms with Crippen molar-refractivity contribution in [2.75, 3.05) is 19.0 Å². The molecule has 0 aliphatic heterocycles. The topological polar surface area (TPSA) is 125 Å². The molecular weight excluding hydrogens is 316 g/mol. The molecule has 0 aromatic rings. The minimum Gasteiger partial charge on any atom is -0.464 e. The maximum atomic E-state index is 11.8. The van der Waals surface area contributed by atoms with Crippen LogP contribution in [-0.4, -0.2) is 47.1 Å². The van der Waals surface area contributed by atoms with E-state index < -0.39 is 35.0 Å². The van der Waals surface area contributed by atoms with Crippen LogP contribution in [0.25, 0.3) is 0 Å². The molecule has 126 valence electrons. The summed E-state index contributed by atoms with van der Waals surface area (Å²) in [4.78, 5) is 49.0. The zero-order chi connectivity index (χ0) is 17.3. The Kier molecular flexibility index (Phi) is 8.46. The molecule has 0 rings (SSSR count). The SMILES string of the molecule is CCOC(=O)C(CSC(=O)C(C)(C)C)NC(=O)CO[N+](=O)[O-]. The van der Waals surface area contributed by atoms with E-state index in [0.717, 1.165) is 11.8 Å². The number of carbonyl (C=O) groups excluding carboxylic acids is 3. The van der Waals surface area contributed by atoms with Crippen LogP contribution in [0.1, 0.15) is 27.7 Å². The van der Waals surface area contributed by atoms with Gasteiger partial charge in [-0.05, 0) is 6.92 Å². The monoisotopic (exact) mass is 336 g/mol. The normalized spacial score (nSPS) is 12.2. The lowest BCUT2D eigenvalue weighted by Gasteiger charge is -2.19. The zero-order valence-corrected chi connectivity index (χ0v) is 13.7. The van der Waals surface area contributed by atoms with Gasteiger partial charge >= 0.3 is 5.97 Å². The van der Waals surface area contributed by atoms with Crippen molar-refractivity contribution < 1.29 is 29.0 Å². The molecule has 1 unspecified atom stereocenters. The van der Waals surface area contributed by atoms with E-state index in [0.29, 0.717) is 0 Å². The highest BCUT2D eigenvalue weighted by Crippen LogP contribution is 2.23. The second-order valence-electron chi connectivity index (χ2n) is 5.22. The van der Waals surface area contributed by atoms with Crippen LogP contribution in [0, 0.1) is 15.5 Å². The van der Waals surface area contributed by atoms with Gasteiger partial charge in [-0.25, -0.2) is 4.79 Å².